The van der Waals surface area contributed by atoms with Crippen LogP contribution in [-0.2, 0) is 28.6 Å². The summed E-state index contributed by atoms with van der Waals surface area (Å²) in [5.74, 6) is 1.64. The van der Waals surface area contributed by atoms with E-state index >= 15 is 0 Å². The molecule has 0 saturated heterocycles. The maximum atomic E-state index is 12.8. The minimum atomic E-state index is -0.763. The lowest BCUT2D eigenvalue weighted by molar-refractivity contribution is -0.167. The van der Waals surface area contributed by atoms with Gasteiger partial charge in [0.25, 0.3) is 0 Å². The van der Waals surface area contributed by atoms with Crippen LogP contribution in [0.2, 0.25) is 0 Å². The van der Waals surface area contributed by atoms with Crippen LogP contribution in [0, 0.1) is 17.8 Å². The molecule has 1 unspecified atom stereocenters. The van der Waals surface area contributed by atoms with Crippen LogP contribution in [0.5, 0.6) is 0 Å². The van der Waals surface area contributed by atoms with Gasteiger partial charge in [0, 0.05) is 19.3 Å². The van der Waals surface area contributed by atoms with Crippen LogP contribution in [-0.4, -0.2) is 37.2 Å². The van der Waals surface area contributed by atoms with E-state index in [1.807, 2.05) is 0 Å². The van der Waals surface area contributed by atoms with Crippen LogP contribution >= 0.6 is 0 Å². The first-order chi connectivity index (χ1) is 29.1. The molecule has 0 aromatic carbocycles. The van der Waals surface area contributed by atoms with E-state index in [0.717, 1.165) is 75.5 Å². The standard InChI is InChI=1S/C54H104O6/c1-7-50(6)42-36-30-23-19-15-10-8-9-11-16-20-24-31-37-43-52(55)58-46-51(47-59-53(56)44-38-32-27-26-29-35-41-49(4)5)60-54(57)45-39-33-25-21-17-13-12-14-18-22-28-34-40-48(2)3/h48-51H,7-47H2,1-6H3/t50?,51-/m0/s1. The lowest BCUT2D eigenvalue weighted by atomic mass is 9.99. The Kier molecular flexibility index (Phi) is 44.2. The van der Waals surface area contributed by atoms with Crippen molar-refractivity contribution in [2.24, 2.45) is 17.8 Å². The van der Waals surface area contributed by atoms with E-state index in [1.165, 1.54) is 173 Å². The highest BCUT2D eigenvalue weighted by molar-refractivity contribution is 5.71. The van der Waals surface area contributed by atoms with Crippen LogP contribution in [0.3, 0.4) is 0 Å². The normalized spacial score (nSPS) is 12.6. The van der Waals surface area contributed by atoms with E-state index in [2.05, 4.69) is 41.5 Å². The summed E-state index contributed by atoms with van der Waals surface area (Å²) in [6.07, 6.45) is 45.3. The second-order valence-corrected chi connectivity index (χ2v) is 19.7. The molecule has 0 radical (unpaired) electrons. The summed E-state index contributed by atoms with van der Waals surface area (Å²) >= 11 is 0. The van der Waals surface area contributed by atoms with Crippen LogP contribution in [0.15, 0.2) is 0 Å². The Balaban J connectivity index is 4.25. The van der Waals surface area contributed by atoms with E-state index in [-0.39, 0.29) is 31.1 Å². The number of ether oxygens (including phenoxy) is 3. The topological polar surface area (TPSA) is 78.9 Å². The van der Waals surface area contributed by atoms with Crippen molar-refractivity contribution in [3.63, 3.8) is 0 Å². The fraction of sp³-hybridized carbons (Fsp3) is 0.944. The van der Waals surface area contributed by atoms with Gasteiger partial charge in [0.15, 0.2) is 6.10 Å². The largest absolute Gasteiger partial charge is 0.462 e. The second-order valence-electron chi connectivity index (χ2n) is 19.7. The fourth-order valence-electron chi connectivity index (χ4n) is 8.08. The molecule has 6 heteroatoms. The molecule has 0 aromatic heterocycles. The van der Waals surface area contributed by atoms with E-state index in [9.17, 15) is 14.4 Å². The summed E-state index contributed by atoms with van der Waals surface area (Å²) in [6.45, 7) is 13.7. The molecule has 0 heterocycles. The van der Waals surface area contributed by atoms with Gasteiger partial charge in [0.05, 0.1) is 0 Å². The zero-order valence-electron chi connectivity index (χ0n) is 41.3. The third kappa shape index (κ3) is 45.9. The molecule has 6 nitrogen and oxygen atoms in total. The first-order valence-corrected chi connectivity index (χ1v) is 26.6. The number of esters is 3. The van der Waals surface area contributed by atoms with Crippen molar-refractivity contribution >= 4 is 17.9 Å². The molecule has 0 aliphatic heterocycles. The smallest absolute Gasteiger partial charge is 0.306 e. The summed E-state index contributed by atoms with van der Waals surface area (Å²) in [7, 11) is 0. The van der Waals surface area contributed by atoms with Crippen LogP contribution in [0.4, 0.5) is 0 Å². The van der Waals surface area contributed by atoms with Gasteiger partial charge in [-0.3, -0.25) is 14.4 Å². The van der Waals surface area contributed by atoms with E-state index in [1.54, 1.807) is 0 Å². The van der Waals surface area contributed by atoms with Crippen LogP contribution in [0.1, 0.15) is 292 Å². The lowest BCUT2D eigenvalue weighted by Gasteiger charge is -2.18. The molecule has 0 amide bonds. The Morgan fingerprint density at radius 3 is 0.867 bits per heavy atom. The van der Waals surface area contributed by atoms with Gasteiger partial charge in [0.2, 0.25) is 0 Å². The van der Waals surface area contributed by atoms with Gasteiger partial charge in [-0.2, -0.15) is 0 Å². The minimum Gasteiger partial charge on any atom is -0.462 e. The lowest BCUT2D eigenvalue weighted by Crippen LogP contribution is -2.30. The Hall–Kier alpha value is -1.59. The van der Waals surface area contributed by atoms with Gasteiger partial charge in [-0.25, -0.2) is 0 Å². The first kappa shape index (κ1) is 58.4. The van der Waals surface area contributed by atoms with Crippen LogP contribution in [0.25, 0.3) is 0 Å². The fourth-order valence-corrected chi connectivity index (χ4v) is 8.08. The summed E-state index contributed by atoms with van der Waals surface area (Å²) in [5, 5.41) is 0. The monoisotopic (exact) mass is 849 g/mol. The SMILES string of the molecule is CCC(C)CCCCCCCCCCCCCCCCC(=O)OC[C@@H](COC(=O)CCCCCCCCC(C)C)OC(=O)CCCCCCCCCCCCCCC(C)C. The van der Waals surface area contributed by atoms with E-state index in [0.29, 0.717) is 19.3 Å². The van der Waals surface area contributed by atoms with Gasteiger partial charge in [-0.15, -0.1) is 0 Å². The molecule has 0 aromatic rings. The molecule has 0 spiro atoms. The molecule has 0 aliphatic carbocycles. The summed E-state index contributed by atoms with van der Waals surface area (Å²) in [5.41, 5.74) is 0. The van der Waals surface area contributed by atoms with E-state index < -0.39 is 6.10 Å². The van der Waals surface area contributed by atoms with Crippen molar-refractivity contribution in [3.05, 3.63) is 0 Å². The van der Waals surface area contributed by atoms with Gasteiger partial charge in [0.1, 0.15) is 13.2 Å². The van der Waals surface area contributed by atoms with Crippen molar-refractivity contribution in [2.75, 3.05) is 13.2 Å². The highest BCUT2D eigenvalue weighted by Crippen LogP contribution is 2.18. The van der Waals surface area contributed by atoms with Crippen LogP contribution < -0.4 is 0 Å². The molecule has 0 N–H and O–H groups in total. The molecule has 0 bridgehead atoms. The molecule has 0 fully saturated rings. The molecular weight excluding hydrogens is 745 g/mol. The van der Waals surface area contributed by atoms with Crippen molar-refractivity contribution in [1.82, 2.24) is 0 Å². The average Bonchev–Trinajstić information content (AvgIpc) is 3.22. The Bertz CT molecular complexity index is 931. The molecule has 0 aliphatic rings. The van der Waals surface area contributed by atoms with Crippen molar-refractivity contribution in [1.29, 1.82) is 0 Å². The average molecular weight is 849 g/mol. The molecule has 60 heavy (non-hydrogen) atoms. The van der Waals surface area contributed by atoms with E-state index in [4.69, 9.17) is 14.2 Å². The highest BCUT2D eigenvalue weighted by atomic mass is 16.6. The molecule has 0 rings (SSSR count). The third-order valence-corrected chi connectivity index (χ3v) is 12.5. The summed E-state index contributed by atoms with van der Waals surface area (Å²) in [4.78, 5) is 37.9. The summed E-state index contributed by atoms with van der Waals surface area (Å²) < 4.78 is 16.8. The van der Waals surface area contributed by atoms with Gasteiger partial charge < -0.3 is 14.2 Å². The quantitative estimate of drug-likeness (QED) is 0.0345. The Morgan fingerprint density at radius 2 is 0.583 bits per heavy atom. The third-order valence-electron chi connectivity index (χ3n) is 12.5. The zero-order chi connectivity index (χ0) is 44.2. The van der Waals surface area contributed by atoms with Crippen molar-refractivity contribution in [3.8, 4) is 0 Å². The number of carbonyl (C=O) groups is 3. The van der Waals surface area contributed by atoms with Gasteiger partial charge >= 0.3 is 17.9 Å². The number of rotatable bonds is 47. The molecule has 356 valence electrons. The van der Waals surface area contributed by atoms with Crippen molar-refractivity contribution < 1.29 is 28.6 Å². The molecular formula is C54H104O6. The minimum absolute atomic E-state index is 0.0651. The number of unbranched alkanes of at least 4 members (excludes halogenated alkanes) is 29. The first-order valence-electron chi connectivity index (χ1n) is 26.6. The zero-order valence-corrected chi connectivity index (χ0v) is 41.3. The number of carbonyl (C=O) groups excluding carboxylic acids is 3. The predicted octanol–water partition coefficient (Wildman–Crippen LogP) is 17.2. The highest BCUT2D eigenvalue weighted by Gasteiger charge is 2.19. The molecule has 0 saturated carbocycles. The Morgan fingerprint density at radius 1 is 0.333 bits per heavy atom. The number of hydrogen-bond acceptors (Lipinski definition) is 6. The maximum Gasteiger partial charge on any atom is 0.306 e. The number of hydrogen-bond donors (Lipinski definition) is 0. The predicted molar refractivity (Wildman–Crippen MR) is 256 cm³/mol. The summed E-state index contributed by atoms with van der Waals surface area (Å²) in [6, 6.07) is 0. The maximum absolute atomic E-state index is 12.8. The Labute approximate surface area is 374 Å². The second kappa shape index (κ2) is 45.4. The van der Waals surface area contributed by atoms with Gasteiger partial charge in [-0.05, 0) is 37.0 Å². The van der Waals surface area contributed by atoms with Gasteiger partial charge in [-0.1, -0.05) is 253 Å². The van der Waals surface area contributed by atoms with Crippen molar-refractivity contribution in [2.45, 2.75) is 298 Å². The molecule has 2 atom stereocenters.